The number of nitrogens with zero attached hydrogens (tertiary/aromatic N) is 1. The lowest BCUT2D eigenvalue weighted by Gasteiger charge is -2.14. The van der Waals surface area contributed by atoms with Crippen molar-refractivity contribution in [3.63, 3.8) is 0 Å². The predicted molar refractivity (Wildman–Crippen MR) is 92.0 cm³/mol. The number of rotatable bonds is 9. The molecule has 2 aromatic rings. The standard InChI is InChI=1S/C18H22N2O4/c1-13-7-17(23-3)18(9-16(13)19-12-22)24-6-4-5-14-8-15(11-21)20(2)10-14/h7-12H,4-6H2,1-3H3,(H,19,22). The molecule has 0 radical (unpaired) electrons. The van der Waals surface area contributed by atoms with Crippen LogP contribution in [0.2, 0.25) is 0 Å². The number of carbonyl (C=O) groups is 2. The van der Waals surface area contributed by atoms with Crippen LogP contribution in [0.3, 0.4) is 0 Å². The summed E-state index contributed by atoms with van der Waals surface area (Å²) in [6.07, 6.45) is 5.05. The third-order valence-electron chi connectivity index (χ3n) is 3.81. The smallest absolute Gasteiger partial charge is 0.211 e. The molecule has 0 spiro atoms. The molecular weight excluding hydrogens is 308 g/mol. The van der Waals surface area contributed by atoms with Crippen LogP contribution in [0.4, 0.5) is 5.69 Å². The summed E-state index contributed by atoms with van der Waals surface area (Å²) < 4.78 is 12.9. The van der Waals surface area contributed by atoms with Crippen LogP contribution >= 0.6 is 0 Å². The normalized spacial score (nSPS) is 10.3. The quantitative estimate of drug-likeness (QED) is 0.567. The van der Waals surface area contributed by atoms with Gasteiger partial charge in [-0.15, -0.1) is 0 Å². The first-order valence-corrected chi connectivity index (χ1v) is 7.71. The van der Waals surface area contributed by atoms with Gasteiger partial charge in [0.25, 0.3) is 0 Å². The van der Waals surface area contributed by atoms with Crippen LogP contribution in [0.5, 0.6) is 11.5 Å². The summed E-state index contributed by atoms with van der Waals surface area (Å²) in [5.74, 6) is 1.22. The van der Waals surface area contributed by atoms with Crippen molar-refractivity contribution in [2.45, 2.75) is 19.8 Å². The van der Waals surface area contributed by atoms with E-state index >= 15 is 0 Å². The van der Waals surface area contributed by atoms with Crippen molar-refractivity contribution < 1.29 is 19.1 Å². The average Bonchev–Trinajstić information content (AvgIpc) is 2.94. The molecule has 1 amide bonds. The molecule has 2 rings (SSSR count). The summed E-state index contributed by atoms with van der Waals surface area (Å²) in [6.45, 7) is 2.39. The first kappa shape index (κ1) is 17.6. The minimum absolute atomic E-state index is 0.505. The van der Waals surface area contributed by atoms with E-state index in [1.54, 1.807) is 13.2 Å². The number of amides is 1. The zero-order valence-corrected chi connectivity index (χ0v) is 14.2. The Morgan fingerprint density at radius 2 is 2.00 bits per heavy atom. The number of aromatic nitrogens is 1. The Morgan fingerprint density at radius 3 is 2.62 bits per heavy atom. The highest BCUT2D eigenvalue weighted by Gasteiger charge is 2.09. The molecule has 0 saturated carbocycles. The van der Waals surface area contributed by atoms with Gasteiger partial charge < -0.3 is 19.4 Å². The Kier molecular flexibility index (Phi) is 6.01. The molecule has 0 atom stereocenters. The number of methoxy groups -OCH3 is 1. The van der Waals surface area contributed by atoms with E-state index in [-0.39, 0.29) is 0 Å². The lowest BCUT2D eigenvalue weighted by molar-refractivity contribution is -0.105. The number of nitrogens with one attached hydrogen (secondary N) is 1. The van der Waals surface area contributed by atoms with Crippen LogP contribution in [0.25, 0.3) is 0 Å². The average molecular weight is 330 g/mol. The van der Waals surface area contributed by atoms with E-state index in [0.29, 0.717) is 35.9 Å². The zero-order valence-electron chi connectivity index (χ0n) is 14.2. The highest BCUT2D eigenvalue weighted by atomic mass is 16.5. The summed E-state index contributed by atoms with van der Waals surface area (Å²) in [6, 6.07) is 5.47. The van der Waals surface area contributed by atoms with E-state index in [1.807, 2.05) is 36.9 Å². The molecule has 1 aromatic carbocycles. The van der Waals surface area contributed by atoms with Gasteiger partial charge >= 0.3 is 0 Å². The highest BCUT2D eigenvalue weighted by molar-refractivity contribution is 5.75. The molecule has 0 aliphatic heterocycles. The summed E-state index contributed by atoms with van der Waals surface area (Å²) in [5.41, 5.74) is 3.36. The molecule has 0 aliphatic rings. The summed E-state index contributed by atoms with van der Waals surface area (Å²) in [4.78, 5) is 21.5. The monoisotopic (exact) mass is 330 g/mol. The summed E-state index contributed by atoms with van der Waals surface area (Å²) >= 11 is 0. The Balaban J connectivity index is 1.96. The zero-order chi connectivity index (χ0) is 17.5. The van der Waals surface area contributed by atoms with Crippen molar-refractivity contribution >= 4 is 18.4 Å². The molecule has 0 bridgehead atoms. The number of hydrogen-bond acceptors (Lipinski definition) is 4. The second-order valence-corrected chi connectivity index (χ2v) is 5.53. The fourth-order valence-electron chi connectivity index (χ4n) is 2.52. The molecule has 1 N–H and O–H groups in total. The molecular formula is C18H22N2O4. The second kappa shape index (κ2) is 8.19. The highest BCUT2D eigenvalue weighted by Crippen LogP contribution is 2.33. The fraction of sp³-hybridized carbons (Fsp3) is 0.333. The molecule has 0 aliphatic carbocycles. The van der Waals surface area contributed by atoms with Crippen LogP contribution in [0.1, 0.15) is 28.0 Å². The lowest BCUT2D eigenvalue weighted by Crippen LogP contribution is -2.03. The molecule has 6 nitrogen and oxygen atoms in total. The number of hydrogen-bond donors (Lipinski definition) is 1. The number of aryl methyl sites for hydroxylation is 3. The van der Waals surface area contributed by atoms with Gasteiger partial charge in [0.2, 0.25) is 6.41 Å². The molecule has 0 saturated heterocycles. The topological polar surface area (TPSA) is 69.6 Å². The number of ether oxygens (including phenoxy) is 2. The van der Waals surface area contributed by atoms with E-state index in [9.17, 15) is 9.59 Å². The van der Waals surface area contributed by atoms with Crippen molar-refractivity contribution in [2.75, 3.05) is 19.0 Å². The predicted octanol–water partition coefficient (Wildman–Crippen LogP) is 2.73. The van der Waals surface area contributed by atoms with E-state index in [1.165, 1.54) is 0 Å². The van der Waals surface area contributed by atoms with Crippen LogP contribution < -0.4 is 14.8 Å². The maximum absolute atomic E-state index is 10.8. The molecule has 128 valence electrons. The van der Waals surface area contributed by atoms with Crippen LogP contribution in [0.15, 0.2) is 24.4 Å². The van der Waals surface area contributed by atoms with Crippen molar-refractivity contribution in [3.05, 3.63) is 41.2 Å². The Labute approximate surface area is 141 Å². The Hall–Kier alpha value is -2.76. The molecule has 6 heteroatoms. The maximum Gasteiger partial charge on any atom is 0.211 e. The van der Waals surface area contributed by atoms with Gasteiger partial charge in [-0.1, -0.05) is 0 Å². The van der Waals surface area contributed by atoms with Gasteiger partial charge in [-0.25, -0.2) is 0 Å². The van der Waals surface area contributed by atoms with E-state index in [2.05, 4.69) is 5.32 Å². The molecule has 0 fully saturated rings. The van der Waals surface area contributed by atoms with Gasteiger partial charge in [0.1, 0.15) is 0 Å². The van der Waals surface area contributed by atoms with Crippen LogP contribution in [-0.4, -0.2) is 31.0 Å². The molecule has 1 aromatic heterocycles. The largest absolute Gasteiger partial charge is 0.493 e. The number of anilines is 1. The third-order valence-corrected chi connectivity index (χ3v) is 3.81. The van der Waals surface area contributed by atoms with Crippen molar-refractivity contribution in [3.8, 4) is 11.5 Å². The van der Waals surface area contributed by atoms with Gasteiger partial charge in [-0.2, -0.15) is 0 Å². The third kappa shape index (κ3) is 4.16. The fourth-order valence-corrected chi connectivity index (χ4v) is 2.52. The number of benzene rings is 1. The van der Waals surface area contributed by atoms with Crippen molar-refractivity contribution in [1.29, 1.82) is 0 Å². The number of carbonyl (C=O) groups excluding carboxylic acids is 2. The Morgan fingerprint density at radius 1 is 1.21 bits per heavy atom. The summed E-state index contributed by atoms with van der Waals surface area (Å²) in [5, 5.41) is 2.65. The Bertz CT molecular complexity index is 722. The van der Waals surface area contributed by atoms with Gasteiger partial charge in [-0.05, 0) is 43.0 Å². The minimum Gasteiger partial charge on any atom is -0.493 e. The SMILES string of the molecule is COc1cc(C)c(NC=O)cc1OCCCc1cc(C=O)n(C)c1. The first-order valence-electron chi connectivity index (χ1n) is 7.71. The van der Waals surface area contributed by atoms with Crippen LogP contribution in [0, 0.1) is 6.92 Å². The lowest BCUT2D eigenvalue weighted by atomic mass is 10.1. The minimum atomic E-state index is 0.505. The van der Waals surface area contributed by atoms with Crippen LogP contribution in [-0.2, 0) is 18.3 Å². The molecule has 0 unspecified atom stereocenters. The summed E-state index contributed by atoms with van der Waals surface area (Å²) in [7, 11) is 3.43. The van der Waals surface area contributed by atoms with E-state index in [0.717, 1.165) is 30.3 Å². The molecule has 1 heterocycles. The van der Waals surface area contributed by atoms with Crippen molar-refractivity contribution in [1.82, 2.24) is 4.57 Å². The number of aldehydes is 1. The maximum atomic E-state index is 10.8. The van der Waals surface area contributed by atoms with Gasteiger partial charge in [0.15, 0.2) is 17.8 Å². The van der Waals surface area contributed by atoms with Gasteiger partial charge in [0.05, 0.1) is 19.4 Å². The van der Waals surface area contributed by atoms with E-state index < -0.39 is 0 Å². The molecule has 24 heavy (non-hydrogen) atoms. The second-order valence-electron chi connectivity index (χ2n) is 5.53. The van der Waals surface area contributed by atoms with Gasteiger partial charge in [-0.3, -0.25) is 9.59 Å². The van der Waals surface area contributed by atoms with Gasteiger partial charge in [0, 0.05) is 25.0 Å². The van der Waals surface area contributed by atoms with E-state index in [4.69, 9.17) is 9.47 Å². The first-order chi connectivity index (χ1) is 11.6. The van der Waals surface area contributed by atoms with Crippen molar-refractivity contribution in [2.24, 2.45) is 7.05 Å².